The minimum atomic E-state index is -0.951. The van der Waals surface area contributed by atoms with Crippen LogP contribution in [0.25, 0.3) is 0 Å². The molecule has 61 heavy (non-hydrogen) atoms. The third-order valence-electron chi connectivity index (χ3n) is 11.4. The second-order valence-corrected chi connectivity index (χ2v) is 17.4. The predicted molar refractivity (Wildman–Crippen MR) is 236 cm³/mol. The van der Waals surface area contributed by atoms with Crippen LogP contribution < -0.4 is 16.0 Å². The summed E-state index contributed by atoms with van der Waals surface area (Å²) >= 11 is 1.18. The van der Waals surface area contributed by atoms with Crippen molar-refractivity contribution in [1.82, 2.24) is 30.7 Å². The summed E-state index contributed by atoms with van der Waals surface area (Å²) in [6, 6.07) is 7.53. The molecular formula is C46H68N6O8S. The molecule has 3 rings (SSSR count). The molecule has 0 bridgehead atoms. The Balaban J connectivity index is 1.77. The number of hydrogen-bond donors (Lipinski definition) is 3. The van der Waals surface area contributed by atoms with E-state index in [-0.39, 0.29) is 47.8 Å². The van der Waals surface area contributed by atoms with Gasteiger partial charge in [0.15, 0.2) is 6.10 Å². The fraction of sp³-hybridized carbons (Fsp3) is 0.630. The summed E-state index contributed by atoms with van der Waals surface area (Å²) in [5, 5.41) is 11.1. The Morgan fingerprint density at radius 2 is 1.75 bits per heavy atom. The number of methoxy groups -OCH3 is 1. The fourth-order valence-corrected chi connectivity index (χ4v) is 8.64. The van der Waals surface area contributed by atoms with Crippen LogP contribution in [0, 0.1) is 30.1 Å². The SMILES string of the molecule is C#C[C@@H](CC)[C@H](NC(=O)[C@H]1CCCCN1C)C(=O)N(C)[C@H](C[C@@H](OC(C)=O)c1nc(C(=O)N[C@@H](Cc2ccccc2)C[C@H](C)C(=O)NCCCCCC(=O)OC)cs1)C(C)C. The zero-order valence-electron chi connectivity index (χ0n) is 37.4. The van der Waals surface area contributed by atoms with E-state index >= 15 is 0 Å². The van der Waals surface area contributed by atoms with Gasteiger partial charge in [-0.1, -0.05) is 70.9 Å². The summed E-state index contributed by atoms with van der Waals surface area (Å²) in [6.45, 7) is 10.2. The molecule has 3 N–H and O–H groups in total. The number of carbonyl (C=O) groups excluding carboxylic acids is 6. The number of terminal acetylenes is 1. The number of hydrogen-bond acceptors (Lipinski definition) is 11. The van der Waals surface area contributed by atoms with Crippen molar-refractivity contribution in [3.8, 4) is 12.3 Å². The molecule has 0 radical (unpaired) electrons. The topological polar surface area (TPSA) is 176 Å². The van der Waals surface area contributed by atoms with Crippen LogP contribution in [0.3, 0.4) is 0 Å². The molecule has 0 spiro atoms. The summed E-state index contributed by atoms with van der Waals surface area (Å²) in [7, 11) is 4.95. The average Bonchev–Trinajstić information content (AvgIpc) is 3.74. The molecule has 1 aliphatic heterocycles. The number of likely N-dealkylation sites (N-methyl/N-ethyl adjacent to an activating group) is 2. The minimum absolute atomic E-state index is 0.106. The summed E-state index contributed by atoms with van der Waals surface area (Å²) in [6.07, 6.45) is 11.7. The lowest BCUT2D eigenvalue weighted by Crippen LogP contribution is -2.58. The number of unbranched alkanes of at least 4 members (excludes halogenated alkanes) is 2. The molecule has 14 nitrogen and oxygen atoms in total. The molecule has 15 heteroatoms. The first-order chi connectivity index (χ1) is 29.1. The Morgan fingerprint density at radius 3 is 2.38 bits per heavy atom. The van der Waals surface area contributed by atoms with Gasteiger partial charge in [0.05, 0.1) is 13.2 Å². The Kier molecular flexibility index (Phi) is 21.4. The van der Waals surface area contributed by atoms with E-state index in [1.54, 1.807) is 17.3 Å². The van der Waals surface area contributed by atoms with Crippen LogP contribution >= 0.6 is 11.3 Å². The highest BCUT2D eigenvalue weighted by atomic mass is 32.1. The van der Waals surface area contributed by atoms with Gasteiger partial charge in [-0.15, -0.1) is 23.7 Å². The Bertz CT molecular complexity index is 1780. The number of nitrogens with zero attached hydrogens (tertiary/aromatic N) is 3. The van der Waals surface area contributed by atoms with Crippen molar-refractivity contribution in [3.63, 3.8) is 0 Å². The molecule has 1 aromatic heterocycles. The summed E-state index contributed by atoms with van der Waals surface area (Å²) in [5.74, 6) is -0.244. The van der Waals surface area contributed by atoms with Crippen molar-refractivity contribution in [2.24, 2.45) is 17.8 Å². The first-order valence-corrected chi connectivity index (χ1v) is 22.5. The molecule has 4 amide bonds. The molecule has 1 saturated heterocycles. The molecule has 7 atom stereocenters. The number of thiazole rings is 1. The van der Waals surface area contributed by atoms with Crippen molar-refractivity contribution >= 4 is 46.9 Å². The smallest absolute Gasteiger partial charge is 0.305 e. The Hall–Kier alpha value is -4.81. The van der Waals surface area contributed by atoms with Crippen molar-refractivity contribution in [1.29, 1.82) is 0 Å². The highest BCUT2D eigenvalue weighted by Gasteiger charge is 2.38. The summed E-state index contributed by atoms with van der Waals surface area (Å²) < 4.78 is 10.5. The van der Waals surface area contributed by atoms with Crippen LogP contribution in [0.4, 0.5) is 0 Å². The maximum Gasteiger partial charge on any atom is 0.305 e. The van der Waals surface area contributed by atoms with Crippen molar-refractivity contribution < 1.29 is 38.2 Å². The van der Waals surface area contributed by atoms with E-state index in [4.69, 9.17) is 11.2 Å². The van der Waals surface area contributed by atoms with E-state index in [0.717, 1.165) is 37.8 Å². The number of esters is 2. The quantitative estimate of drug-likeness (QED) is 0.0698. The number of rotatable bonds is 24. The average molecular weight is 865 g/mol. The third-order valence-corrected chi connectivity index (χ3v) is 12.4. The number of aromatic nitrogens is 1. The first-order valence-electron chi connectivity index (χ1n) is 21.6. The van der Waals surface area contributed by atoms with Crippen LogP contribution in [-0.4, -0.2) is 109 Å². The van der Waals surface area contributed by atoms with Crippen molar-refractivity contribution in [2.75, 3.05) is 34.3 Å². The molecule has 0 aliphatic carbocycles. The Morgan fingerprint density at radius 1 is 1.03 bits per heavy atom. The van der Waals surface area contributed by atoms with Gasteiger partial charge in [-0.25, -0.2) is 4.98 Å². The monoisotopic (exact) mass is 864 g/mol. The molecule has 1 fully saturated rings. The molecule has 0 saturated carbocycles. The molecular weight excluding hydrogens is 797 g/mol. The normalized spacial score (nSPS) is 17.1. The molecule has 1 aromatic carbocycles. The van der Waals surface area contributed by atoms with Gasteiger partial charge >= 0.3 is 11.9 Å². The number of piperidine rings is 1. The number of likely N-dealkylation sites (tertiary alicyclic amines) is 1. The van der Waals surface area contributed by atoms with Gasteiger partial charge in [0, 0.05) is 62.7 Å². The fourth-order valence-electron chi connectivity index (χ4n) is 7.80. The second kappa shape index (κ2) is 25.8. The Labute approximate surface area is 366 Å². The number of carbonyl (C=O) groups is 6. The lowest BCUT2D eigenvalue weighted by molar-refractivity contribution is -0.149. The number of ether oxygens (including phenoxy) is 2. The van der Waals surface area contributed by atoms with Crippen LogP contribution in [0.1, 0.15) is 126 Å². The molecule has 1 aliphatic rings. The van der Waals surface area contributed by atoms with E-state index in [1.165, 1.54) is 25.4 Å². The van der Waals surface area contributed by atoms with Crippen LogP contribution in [0.15, 0.2) is 35.7 Å². The standard InChI is InChI=1S/C46H68N6O8S/c1-10-34(11-2)41(50-44(57)37-22-17-19-25-51(37)7)46(58)52(8)38(30(3)4)28-39(60-32(6)53)45-49-36(29-61-45)43(56)48-35(27-33-20-14-12-15-21-33)26-31(5)42(55)47-24-18-13-16-23-40(54)59-9/h1,12,14-15,20-21,29-31,34-35,37-39,41H,11,13,16-19,22-28H2,2-9H3,(H,47,55)(H,48,56)(H,50,57)/t31-,34-,35+,37+,38+,39+,41-/m0/s1. The zero-order valence-corrected chi connectivity index (χ0v) is 38.2. The van der Waals surface area contributed by atoms with E-state index in [2.05, 4.69) is 31.6 Å². The van der Waals surface area contributed by atoms with E-state index in [9.17, 15) is 28.8 Å². The van der Waals surface area contributed by atoms with Gasteiger partial charge in [0.25, 0.3) is 5.91 Å². The molecule has 2 heterocycles. The van der Waals surface area contributed by atoms with Crippen LogP contribution in [0.2, 0.25) is 0 Å². The van der Waals surface area contributed by atoms with E-state index in [0.29, 0.717) is 50.1 Å². The van der Waals surface area contributed by atoms with Gasteiger partial charge in [-0.2, -0.15) is 0 Å². The minimum Gasteiger partial charge on any atom is -0.469 e. The summed E-state index contributed by atoms with van der Waals surface area (Å²) in [4.78, 5) is 86.9. The van der Waals surface area contributed by atoms with Crippen LogP contribution in [-0.2, 0) is 39.9 Å². The van der Waals surface area contributed by atoms with E-state index in [1.807, 2.05) is 70.0 Å². The second-order valence-electron chi connectivity index (χ2n) is 16.5. The summed E-state index contributed by atoms with van der Waals surface area (Å²) in [5.41, 5.74) is 1.13. The highest BCUT2D eigenvalue weighted by Crippen LogP contribution is 2.31. The lowest BCUT2D eigenvalue weighted by Gasteiger charge is -2.38. The molecule has 2 aromatic rings. The number of amides is 4. The van der Waals surface area contributed by atoms with Crippen LogP contribution in [0.5, 0.6) is 0 Å². The van der Waals surface area contributed by atoms with Crippen molar-refractivity contribution in [2.45, 2.75) is 136 Å². The van der Waals surface area contributed by atoms with Gasteiger partial charge in [0.1, 0.15) is 16.7 Å². The van der Waals surface area contributed by atoms with Gasteiger partial charge in [-0.3, -0.25) is 33.7 Å². The van der Waals surface area contributed by atoms with Crippen molar-refractivity contribution in [3.05, 3.63) is 52.0 Å². The number of nitrogens with one attached hydrogen (secondary N) is 3. The van der Waals surface area contributed by atoms with E-state index < -0.39 is 47.9 Å². The van der Waals surface area contributed by atoms with Gasteiger partial charge < -0.3 is 30.3 Å². The zero-order chi connectivity index (χ0) is 45.1. The highest BCUT2D eigenvalue weighted by molar-refractivity contribution is 7.09. The largest absolute Gasteiger partial charge is 0.469 e. The van der Waals surface area contributed by atoms with Gasteiger partial charge in [0.2, 0.25) is 17.7 Å². The third kappa shape index (κ3) is 16.2. The molecule has 336 valence electrons. The maximum absolute atomic E-state index is 14.3. The molecule has 0 unspecified atom stereocenters. The maximum atomic E-state index is 14.3. The van der Waals surface area contributed by atoms with Gasteiger partial charge in [-0.05, 0) is 70.0 Å². The first kappa shape index (κ1) is 50.5. The predicted octanol–water partition coefficient (Wildman–Crippen LogP) is 5.47. The number of benzene rings is 1. The lowest BCUT2D eigenvalue weighted by atomic mass is 9.92.